The molecule has 0 aliphatic carbocycles. The maximum absolute atomic E-state index is 12.9. The molecule has 146 valence electrons. The summed E-state index contributed by atoms with van der Waals surface area (Å²) in [6.45, 7) is 0. The lowest BCUT2D eigenvalue weighted by molar-refractivity contribution is -0.137. The normalized spacial score (nSPS) is 12.1. The summed E-state index contributed by atoms with van der Waals surface area (Å²) in [4.78, 5) is 11.6. The number of carboxylic acid groups (broad SMARTS) is 1. The molecule has 0 saturated carbocycles. The fourth-order valence-corrected chi connectivity index (χ4v) is 3.19. The Morgan fingerprint density at radius 3 is 2.29 bits per heavy atom. The average molecular weight is 410 g/mol. The number of benzene rings is 2. The van der Waals surface area contributed by atoms with Gasteiger partial charge in [-0.15, -0.1) is 0 Å². The second kappa shape index (κ2) is 6.79. The third kappa shape index (κ3) is 3.91. The Hall–Kier alpha value is -3.14. The highest BCUT2D eigenvalue weighted by molar-refractivity contribution is 7.90. The lowest BCUT2D eigenvalue weighted by Gasteiger charge is -2.08. The summed E-state index contributed by atoms with van der Waals surface area (Å²) in [5, 5.41) is 13.5. The van der Waals surface area contributed by atoms with Crippen molar-refractivity contribution in [2.45, 2.75) is 11.1 Å². The average Bonchev–Trinajstić information content (AvgIpc) is 3.06. The first kappa shape index (κ1) is 19.6. The second-order valence-electron chi connectivity index (χ2n) is 5.99. The smallest absolute Gasteiger partial charge is 0.416 e. The predicted octanol–water partition coefficient (Wildman–Crippen LogP) is 3.66. The molecule has 0 saturated heterocycles. The predicted molar refractivity (Wildman–Crippen MR) is 94.1 cm³/mol. The zero-order valence-corrected chi connectivity index (χ0v) is 15.1. The van der Waals surface area contributed by atoms with Crippen LogP contribution < -0.4 is 0 Å². The second-order valence-corrected chi connectivity index (χ2v) is 8.00. The summed E-state index contributed by atoms with van der Waals surface area (Å²) < 4.78 is 62.9. The standard InChI is InChI=1S/C18H13F3N2O4S/c1-28(26,27)14-7-5-11(6-8-14)16-15(17(24)25)10-23(22-16)13-4-2-3-12(9-13)18(19,20)21/h2-10H,1H3,(H,24,25). The molecule has 10 heteroatoms. The van der Waals surface area contributed by atoms with Gasteiger partial charge in [0.2, 0.25) is 0 Å². The molecule has 1 N–H and O–H groups in total. The van der Waals surface area contributed by atoms with E-state index in [-0.39, 0.29) is 21.8 Å². The Bertz CT molecular complexity index is 1150. The quantitative estimate of drug-likeness (QED) is 0.709. The van der Waals surface area contributed by atoms with Crippen molar-refractivity contribution < 1.29 is 31.5 Å². The highest BCUT2D eigenvalue weighted by atomic mass is 32.2. The van der Waals surface area contributed by atoms with Crippen molar-refractivity contribution in [2.24, 2.45) is 0 Å². The summed E-state index contributed by atoms with van der Waals surface area (Å²) in [6, 6.07) is 9.71. The molecule has 3 rings (SSSR count). The van der Waals surface area contributed by atoms with Gasteiger partial charge in [-0.05, 0) is 30.3 Å². The van der Waals surface area contributed by atoms with E-state index in [9.17, 15) is 31.5 Å². The van der Waals surface area contributed by atoms with Gasteiger partial charge >= 0.3 is 12.1 Å². The molecule has 0 atom stereocenters. The number of halogens is 3. The molecule has 0 unspecified atom stereocenters. The topological polar surface area (TPSA) is 89.3 Å². The molecular formula is C18H13F3N2O4S. The number of carboxylic acids is 1. The van der Waals surface area contributed by atoms with Crippen LogP contribution >= 0.6 is 0 Å². The lowest BCUT2D eigenvalue weighted by Crippen LogP contribution is -2.06. The van der Waals surface area contributed by atoms with E-state index >= 15 is 0 Å². The van der Waals surface area contributed by atoms with Gasteiger partial charge < -0.3 is 5.11 Å². The van der Waals surface area contributed by atoms with E-state index in [2.05, 4.69) is 5.10 Å². The van der Waals surface area contributed by atoms with Crippen LogP contribution in [0, 0.1) is 0 Å². The van der Waals surface area contributed by atoms with Gasteiger partial charge in [0, 0.05) is 18.0 Å². The summed E-state index contributed by atoms with van der Waals surface area (Å²) >= 11 is 0. The molecule has 0 radical (unpaired) electrons. The summed E-state index contributed by atoms with van der Waals surface area (Å²) in [5.41, 5.74) is -0.766. The first-order chi connectivity index (χ1) is 13.0. The number of alkyl halides is 3. The van der Waals surface area contributed by atoms with Crippen molar-refractivity contribution in [3.8, 4) is 16.9 Å². The van der Waals surface area contributed by atoms with Crippen LogP contribution in [0.15, 0.2) is 59.6 Å². The van der Waals surface area contributed by atoms with Crippen LogP contribution in [0.4, 0.5) is 13.2 Å². The Balaban J connectivity index is 2.10. The van der Waals surface area contributed by atoms with E-state index in [1.807, 2.05) is 0 Å². The third-order valence-corrected chi connectivity index (χ3v) is 5.07. The van der Waals surface area contributed by atoms with Gasteiger partial charge in [-0.3, -0.25) is 0 Å². The van der Waals surface area contributed by atoms with Crippen molar-refractivity contribution >= 4 is 15.8 Å². The molecule has 0 spiro atoms. The molecule has 0 amide bonds. The van der Waals surface area contributed by atoms with Gasteiger partial charge in [0.1, 0.15) is 11.3 Å². The van der Waals surface area contributed by atoms with E-state index in [4.69, 9.17) is 0 Å². The molecule has 0 aliphatic heterocycles. The number of carbonyl (C=O) groups is 1. The van der Waals surface area contributed by atoms with Crippen LogP contribution in [0.25, 0.3) is 16.9 Å². The number of rotatable bonds is 4. The minimum Gasteiger partial charge on any atom is -0.478 e. The Kier molecular flexibility index (Phi) is 4.76. The molecule has 0 aliphatic rings. The Morgan fingerprint density at radius 1 is 1.11 bits per heavy atom. The van der Waals surface area contributed by atoms with Crippen LogP contribution in [0.5, 0.6) is 0 Å². The van der Waals surface area contributed by atoms with E-state index in [1.165, 1.54) is 36.4 Å². The number of hydrogen-bond donors (Lipinski definition) is 1. The number of nitrogens with zero attached hydrogens (tertiary/aromatic N) is 2. The fraction of sp³-hybridized carbons (Fsp3) is 0.111. The summed E-state index contributed by atoms with van der Waals surface area (Å²) in [7, 11) is -3.43. The maximum atomic E-state index is 12.9. The zero-order valence-electron chi connectivity index (χ0n) is 14.3. The van der Waals surface area contributed by atoms with Crippen LogP contribution in [0.1, 0.15) is 15.9 Å². The van der Waals surface area contributed by atoms with Crippen molar-refractivity contribution in [2.75, 3.05) is 6.26 Å². The van der Waals surface area contributed by atoms with Gasteiger partial charge in [-0.2, -0.15) is 18.3 Å². The molecule has 2 aromatic carbocycles. The zero-order chi connectivity index (χ0) is 20.7. The van der Waals surface area contributed by atoms with E-state index < -0.39 is 27.5 Å². The van der Waals surface area contributed by atoms with Gasteiger partial charge in [0.25, 0.3) is 0 Å². The lowest BCUT2D eigenvalue weighted by atomic mass is 10.1. The first-order valence-corrected chi connectivity index (χ1v) is 9.67. The molecule has 0 fully saturated rings. The van der Waals surface area contributed by atoms with Crippen molar-refractivity contribution in [3.05, 3.63) is 65.9 Å². The highest BCUT2D eigenvalue weighted by Crippen LogP contribution is 2.31. The van der Waals surface area contributed by atoms with Gasteiger partial charge in [-0.25, -0.2) is 17.9 Å². The molecule has 1 aromatic heterocycles. The molecule has 6 nitrogen and oxygen atoms in total. The minimum absolute atomic E-state index is 0.00460. The molecule has 0 bridgehead atoms. The van der Waals surface area contributed by atoms with E-state index in [0.717, 1.165) is 29.3 Å². The number of sulfone groups is 1. The SMILES string of the molecule is CS(=O)(=O)c1ccc(-c2nn(-c3cccc(C(F)(F)F)c3)cc2C(=O)O)cc1. The van der Waals surface area contributed by atoms with Crippen LogP contribution in [0.3, 0.4) is 0 Å². The maximum Gasteiger partial charge on any atom is 0.416 e. The molecule has 28 heavy (non-hydrogen) atoms. The number of aromatic nitrogens is 2. The van der Waals surface area contributed by atoms with Gasteiger partial charge in [0.15, 0.2) is 9.84 Å². The summed E-state index contributed by atoms with van der Waals surface area (Å²) in [6.07, 6.45) is -2.41. The van der Waals surface area contributed by atoms with Crippen LogP contribution in [-0.2, 0) is 16.0 Å². The first-order valence-electron chi connectivity index (χ1n) is 7.78. The highest BCUT2D eigenvalue weighted by Gasteiger charge is 2.30. The largest absolute Gasteiger partial charge is 0.478 e. The van der Waals surface area contributed by atoms with E-state index in [1.54, 1.807) is 0 Å². The van der Waals surface area contributed by atoms with Crippen molar-refractivity contribution in [1.29, 1.82) is 0 Å². The van der Waals surface area contributed by atoms with E-state index in [0.29, 0.717) is 5.56 Å². The van der Waals surface area contributed by atoms with Gasteiger partial charge in [0.05, 0.1) is 16.1 Å². The molecule has 1 heterocycles. The van der Waals surface area contributed by atoms with Crippen molar-refractivity contribution in [3.63, 3.8) is 0 Å². The van der Waals surface area contributed by atoms with Crippen molar-refractivity contribution in [1.82, 2.24) is 9.78 Å². The Morgan fingerprint density at radius 2 is 1.75 bits per heavy atom. The third-order valence-electron chi connectivity index (χ3n) is 3.94. The fourth-order valence-electron chi connectivity index (χ4n) is 2.56. The minimum atomic E-state index is -4.55. The summed E-state index contributed by atoms with van der Waals surface area (Å²) in [5.74, 6) is -1.32. The molecule has 3 aromatic rings. The number of aromatic carboxylic acids is 1. The van der Waals surface area contributed by atoms with Gasteiger partial charge in [-0.1, -0.05) is 18.2 Å². The Labute approximate surface area is 157 Å². The van der Waals surface area contributed by atoms with Crippen LogP contribution in [-0.4, -0.2) is 35.5 Å². The monoisotopic (exact) mass is 410 g/mol. The molecular weight excluding hydrogens is 397 g/mol. The number of hydrogen-bond acceptors (Lipinski definition) is 4. The van der Waals surface area contributed by atoms with Crippen LogP contribution in [0.2, 0.25) is 0 Å².